The number of likely N-dealkylation sites (tertiary alicyclic amines) is 2. The third kappa shape index (κ3) is 7.41. The van der Waals surface area contributed by atoms with Gasteiger partial charge in [-0.3, -0.25) is 14.7 Å². The van der Waals surface area contributed by atoms with Gasteiger partial charge in [0, 0.05) is 51.1 Å². The molecule has 1 aromatic carbocycles. The van der Waals surface area contributed by atoms with Crippen LogP contribution in [0.15, 0.2) is 35.3 Å². The second-order valence-electron chi connectivity index (χ2n) is 8.17. The quantitative estimate of drug-likeness (QED) is 0.295. The molecule has 1 aromatic rings. The van der Waals surface area contributed by atoms with Crippen molar-refractivity contribution in [1.82, 2.24) is 20.4 Å². The largest absolute Gasteiger partial charge is 0.357 e. The summed E-state index contributed by atoms with van der Waals surface area (Å²) in [6.45, 7) is 10.8. The summed E-state index contributed by atoms with van der Waals surface area (Å²) in [6, 6.07) is 11.0. The summed E-state index contributed by atoms with van der Waals surface area (Å²) in [7, 11) is 0. The van der Waals surface area contributed by atoms with E-state index in [0.717, 1.165) is 45.1 Å². The molecule has 2 aliphatic heterocycles. The van der Waals surface area contributed by atoms with E-state index in [9.17, 15) is 4.79 Å². The van der Waals surface area contributed by atoms with Crippen LogP contribution in [0.25, 0.3) is 0 Å². The van der Waals surface area contributed by atoms with Gasteiger partial charge < -0.3 is 15.5 Å². The molecule has 0 bridgehead atoms. The molecule has 2 fully saturated rings. The molecule has 168 valence electrons. The SMILES string of the molecule is CCNC(=NCC1CC(=O)N(CCc2ccccc2)C1)NCC1CCCN1CC.I. The van der Waals surface area contributed by atoms with Crippen molar-refractivity contribution in [3.63, 3.8) is 0 Å². The van der Waals surface area contributed by atoms with Crippen molar-refractivity contribution >= 4 is 35.8 Å². The Bertz CT molecular complexity index is 669. The Morgan fingerprint density at radius 1 is 1.20 bits per heavy atom. The van der Waals surface area contributed by atoms with Crippen LogP contribution in [0, 0.1) is 5.92 Å². The minimum Gasteiger partial charge on any atom is -0.357 e. The number of likely N-dealkylation sites (N-methyl/N-ethyl adjacent to an activating group) is 1. The zero-order valence-corrected chi connectivity index (χ0v) is 20.8. The van der Waals surface area contributed by atoms with Crippen LogP contribution in [0.2, 0.25) is 0 Å². The summed E-state index contributed by atoms with van der Waals surface area (Å²) < 4.78 is 0. The summed E-state index contributed by atoms with van der Waals surface area (Å²) >= 11 is 0. The van der Waals surface area contributed by atoms with E-state index in [2.05, 4.69) is 53.6 Å². The molecule has 2 aliphatic rings. The average Bonchev–Trinajstić information content (AvgIpc) is 3.35. The summed E-state index contributed by atoms with van der Waals surface area (Å²) in [6.07, 6.45) is 4.08. The molecular formula is C23H38IN5O. The van der Waals surface area contributed by atoms with Crippen LogP contribution in [-0.2, 0) is 11.2 Å². The zero-order chi connectivity index (χ0) is 20.5. The van der Waals surface area contributed by atoms with Crippen molar-refractivity contribution in [2.24, 2.45) is 10.9 Å². The van der Waals surface area contributed by atoms with E-state index in [1.54, 1.807) is 0 Å². The van der Waals surface area contributed by atoms with E-state index in [-0.39, 0.29) is 29.9 Å². The standard InChI is InChI=1S/C23H37N5O.HI/c1-3-24-23(26-17-21-11-8-13-27(21)4-2)25-16-20-15-22(29)28(18-20)14-12-19-9-6-5-7-10-19;/h5-7,9-10,20-21H,3-4,8,11-18H2,1-2H3,(H2,24,25,26);1H. The third-order valence-electron chi connectivity index (χ3n) is 6.07. The number of rotatable bonds is 9. The minimum absolute atomic E-state index is 0. The first-order chi connectivity index (χ1) is 14.2. The maximum atomic E-state index is 12.4. The number of carbonyl (C=O) groups is 1. The molecular weight excluding hydrogens is 489 g/mol. The van der Waals surface area contributed by atoms with Gasteiger partial charge in [0.15, 0.2) is 5.96 Å². The number of hydrogen-bond donors (Lipinski definition) is 2. The van der Waals surface area contributed by atoms with Crippen LogP contribution < -0.4 is 10.6 Å². The second-order valence-corrected chi connectivity index (χ2v) is 8.17. The number of halogens is 1. The van der Waals surface area contributed by atoms with Gasteiger partial charge in [-0.15, -0.1) is 24.0 Å². The Balaban J connectivity index is 0.00000320. The maximum Gasteiger partial charge on any atom is 0.223 e. The Morgan fingerprint density at radius 2 is 2.00 bits per heavy atom. The first kappa shape index (κ1) is 24.9. The van der Waals surface area contributed by atoms with Crippen LogP contribution in [0.3, 0.4) is 0 Å². The molecule has 30 heavy (non-hydrogen) atoms. The first-order valence-corrected chi connectivity index (χ1v) is 11.3. The number of amides is 1. The van der Waals surface area contributed by atoms with E-state index in [0.29, 0.717) is 24.9 Å². The van der Waals surface area contributed by atoms with Gasteiger partial charge in [-0.25, -0.2) is 0 Å². The summed E-state index contributed by atoms with van der Waals surface area (Å²) in [4.78, 5) is 21.7. The highest BCUT2D eigenvalue weighted by Gasteiger charge is 2.29. The Morgan fingerprint density at radius 3 is 2.73 bits per heavy atom. The van der Waals surface area contributed by atoms with Gasteiger partial charge >= 0.3 is 0 Å². The minimum atomic E-state index is 0. The number of carbonyl (C=O) groups excluding carboxylic acids is 1. The number of benzene rings is 1. The highest BCUT2D eigenvalue weighted by molar-refractivity contribution is 14.0. The lowest BCUT2D eigenvalue weighted by Gasteiger charge is -2.24. The maximum absolute atomic E-state index is 12.4. The molecule has 3 rings (SSSR count). The van der Waals surface area contributed by atoms with Crippen molar-refractivity contribution in [2.75, 3.05) is 45.8 Å². The van der Waals surface area contributed by atoms with Gasteiger partial charge in [0.2, 0.25) is 5.91 Å². The smallest absolute Gasteiger partial charge is 0.223 e. The van der Waals surface area contributed by atoms with Crippen LogP contribution in [0.5, 0.6) is 0 Å². The second kappa shape index (κ2) is 13.1. The van der Waals surface area contributed by atoms with E-state index in [4.69, 9.17) is 4.99 Å². The lowest BCUT2D eigenvalue weighted by molar-refractivity contribution is -0.127. The highest BCUT2D eigenvalue weighted by Crippen LogP contribution is 2.19. The Labute approximate surface area is 198 Å². The molecule has 0 saturated carbocycles. The molecule has 0 radical (unpaired) electrons. The summed E-state index contributed by atoms with van der Waals surface area (Å²) in [5.74, 6) is 1.46. The third-order valence-corrected chi connectivity index (χ3v) is 6.07. The van der Waals surface area contributed by atoms with Crippen molar-refractivity contribution in [2.45, 2.75) is 45.6 Å². The summed E-state index contributed by atoms with van der Waals surface area (Å²) in [5, 5.41) is 6.87. The number of nitrogens with zero attached hydrogens (tertiary/aromatic N) is 3. The molecule has 1 amide bonds. The molecule has 0 spiro atoms. The van der Waals surface area contributed by atoms with Crippen molar-refractivity contribution < 1.29 is 4.79 Å². The van der Waals surface area contributed by atoms with Gasteiger partial charge in [0.25, 0.3) is 0 Å². The van der Waals surface area contributed by atoms with E-state index >= 15 is 0 Å². The fourth-order valence-corrected chi connectivity index (χ4v) is 4.42. The van der Waals surface area contributed by atoms with Crippen molar-refractivity contribution in [1.29, 1.82) is 0 Å². The number of guanidine groups is 1. The molecule has 0 aliphatic carbocycles. The van der Waals surface area contributed by atoms with E-state index in [1.807, 2.05) is 11.0 Å². The lowest BCUT2D eigenvalue weighted by atomic mass is 10.1. The molecule has 6 nitrogen and oxygen atoms in total. The molecule has 2 atom stereocenters. The van der Waals surface area contributed by atoms with Gasteiger partial charge in [-0.05, 0) is 44.8 Å². The predicted molar refractivity (Wildman–Crippen MR) is 134 cm³/mol. The number of aliphatic imine (C=N–C) groups is 1. The molecule has 2 N–H and O–H groups in total. The molecule has 7 heteroatoms. The van der Waals surface area contributed by atoms with E-state index < -0.39 is 0 Å². The highest BCUT2D eigenvalue weighted by atomic mass is 127. The Hall–Kier alpha value is -1.35. The van der Waals surface area contributed by atoms with Crippen molar-refractivity contribution in [3.05, 3.63) is 35.9 Å². The van der Waals surface area contributed by atoms with Crippen LogP contribution in [0.1, 0.15) is 38.7 Å². The Kier molecular flexibility index (Phi) is 10.9. The van der Waals surface area contributed by atoms with Crippen LogP contribution >= 0.6 is 24.0 Å². The van der Waals surface area contributed by atoms with E-state index in [1.165, 1.54) is 24.9 Å². The molecule has 0 aromatic heterocycles. The van der Waals surface area contributed by atoms with Crippen LogP contribution in [-0.4, -0.2) is 73.5 Å². The normalized spacial score (nSPS) is 22.3. The van der Waals surface area contributed by atoms with Crippen molar-refractivity contribution in [3.8, 4) is 0 Å². The van der Waals surface area contributed by atoms with Gasteiger partial charge in [0.1, 0.15) is 0 Å². The predicted octanol–water partition coefficient (Wildman–Crippen LogP) is 2.74. The first-order valence-electron chi connectivity index (χ1n) is 11.3. The monoisotopic (exact) mass is 527 g/mol. The molecule has 2 unspecified atom stereocenters. The fourth-order valence-electron chi connectivity index (χ4n) is 4.42. The average molecular weight is 527 g/mol. The molecule has 2 saturated heterocycles. The van der Waals surface area contributed by atoms with Gasteiger partial charge in [-0.1, -0.05) is 37.3 Å². The number of hydrogen-bond acceptors (Lipinski definition) is 3. The zero-order valence-electron chi connectivity index (χ0n) is 18.5. The van der Waals surface area contributed by atoms with Crippen LogP contribution in [0.4, 0.5) is 0 Å². The summed E-state index contributed by atoms with van der Waals surface area (Å²) in [5.41, 5.74) is 1.29. The van der Waals surface area contributed by atoms with Gasteiger partial charge in [-0.2, -0.15) is 0 Å². The number of nitrogens with one attached hydrogen (secondary N) is 2. The molecule has 2 heterocycles. The van der Waals surface area contributed by atoms with Gasteiger partial charge in [0.05, 0.1) is 0 Å². The fraction of sp³-hybridized carbons (Fsp3) is 0.652. The lowest BCUT2D eigenvalue weighted by Crippen LogP contribution is -2.45. The topological polar surface area (TPSA) is 60.0 Å².